The van der Waals surface area contributed by atoms with Crippen LogP contribution in [0.25, 0.3) is 11.4 Å². The Kier molecular flexibility index (Phi) is 7.80. The standard InChI is InChI=1S/C33H40N4O/c1-24-15-17-27(18-16-24)32-34-29(31(35-32)33(2,3)4)28(38)23-36-19-21-37(22-20-36)30(25-11-7-5-8-12-25)26-13-9-6-10-14-26/h5-18,28,30,38H,19-23H2,1-4H3,(H,34,35). The molecule has 0 saturated carbocycles. The lowest BCUT2D eigenvalue weighted by Crippen LogP contribution is -2.48. The van der Waals surface area contributed by atoms with Crippen LogP contribution in [0.1, 0.15) is 61.0 Å². The van der Waals surface area contributed by atoms with Crippen LogP contribution in [0.2, 0.25) is 0 Å². The monoisotopic (exact) mass is 508 g/mol. The molecule has 0 radical (unpaired) electrons. The minimum absolute atomic E-state index is 0.174. The van der Waals surface area contributed by atoms with E-state index in [2.05, 4.69) is 127 Å². The van der Waals surface area contributed by atoms with Crippen molar-refractivity contribution < 1.29 is 5.11 Å². The molecule has 1 aliphatic heterocycles. The molecule has 3 aromatic carbocycles. The van der Waals surface area contributed by atoms with E-state index in [-0.39, 0.29) is 11.5 Å². The third kappa shape index (κ3) is 5.91. The van der Waals surface area contributed by atoms with Crippen LogP contribution in [-0.4, -0.2) is 57.6 Å². The van der Waals surface area contributed by atoms with Gasteiger partial charge in [0.05, 0.1) is 17.4 Å². The zero-order chi connectivity index (χ0) is 26.7. The predicted molar refractivity (Wildman–Crippen MR) is 155 cm³/mol. The lowest BCUT2D eigenvalue weighted by atomic mass is 9.89. The van der Waals surface area contributed by atoms with Crippen LogP contribution in [0, 0.1) is 6.92 Å². The molecule has 0 spiro atoms. The Morgan fingerprint density at radius 2 is 1.37 bits per heavy atom. The van der Waals surface area contributed by atoms with E-state index < -0.39 is 6.10 Å². The fourth-order valence-corrected chi connectivity index (χ4v) is 5.47. The van der Waals surface area contributed by atoms with E-state index in [1.165, 1.54) is 16.7 Å². The summed E-state index contributed by atoms with van der Waals surface area (Å²) < 4.78 is 0. The quantitative estimate of drug-likeness (QED) is 0.316. The average Bonchev–Trinajstić information content (AvgIpc) is 3.38. The van der Waals surface area contributed by atoms with Crippen LogP contribution in [0.5, 0.6) is 0 Å². The van der Waals surface area contributed by atoms with E-state index in [9.17, 15) is 5.11 Å². The van der Waals surface area contributed by atoms with Crippen LogP contribution >= 0.6 is 0 Å². The summed E-state index contributed by atoms with van der Waals surface area (Å²) >= 11 is 0. The molecule has 0 bridgehead atoms. The molecule has 1 unspecified atom stereocenters. The third-order valence-corrected chi connectivity index (χ3v) is 7.53. The number of aromatic amines is 1. The number of benzene rings is 3. The molecular weight excluding hydrogens is 468 g/mol. The van der Waals surface area contributed by atoms with Crippen molar-refractivity contribution in [1.29, 1.82) is 0 Å². The minimum atomic E-state index is -0.624. The van der Waals surface area contributed by atoms with Gasteiger partial charge in [-0.25, -0.2) is 4.98 Å². The fourth-order valence-electron chi connectivity index (χ4n) is 5.47. The SMILES string of the molecule is Cc1ccc(-c2nc(C(C)(C)C)c(C(O)CN3CCN(C(c4ccccc4)c4ccccc4)CC3)[nH]2)cc1. The topological polar surface area (TPSA) is 55.4 Å². The van der Waals surface area contributed by atoms with Crippen molar-refractivity contribution in [3.63, 3.8) is 0 Å². The second-order valence-electron chi connectivity index (χ2n) is 11.5. The molecule has 5 heteroatoms. The highest BCUT2D eigenvalue weighted by Gasteiger charge is 2.30. The summed E-state index contributed by atoms with van der Waals surface area (Å²) in [4.78, 5) is 13.4. The molecule has 1 fully saturated rings. The summed E-state index contributed by atoms with van der Waals surface area (Å²) in [7, 11) is 0. The van der Waals surface area contributed by atoms with Crippen molar-refractivity contribution >= 4 is 0 Å². The second kappa shape index (κ2) is 11.2. The van der Waals surface area contributed by atoms with Gasteiger partial charge in [-0.3, -0.25) is 9.80 Å². The van der Waals surface area contributed by atoms with Crippen LogP contribution < -0.4 is 0 Å². The van der Waals surface area contributed by atoms with Gasteiger partial charge in [-0.1, -0.05) is 111 Å². The Hall–Kier alpha value is -3.25. The number of hydrogen-bond donors (Lipinski definition) is 2. The lowest BCUT2D eigenvalue weighted by Gasteiger charge is -2.40. The van der Waals surface area contributed by atoms with Gasteiger partial charge in [-0.05, 0) is 18.1 Å². The first-order valence-electron chi connectivity index (χ1n) is 13.7. The molecule has 1 aromatic heterocycles. The molecule has 1 saturated heterocycles. The maximum atomic E-state index is 11.4. The number of piperazine rings is 1. The molecule has 1 atom stereocenters. The van der Waals surface area contributed by atoms with Gasteiger partial charge in [0, 0.05) is 43.7 Å². The van der Waals surface area contributed by atoms with E-state index in [0.717, 1.165) is 49.0 Å². The number of imidazole rings is 1. The van der Waals surface area contributed by atoms with Gasteiger partial charge >= 0.3 is 0 Å². The van der Waals surface area contributed by atoms with E-state index in [1.54, 1.807) is 0 Å². The van der Waals surface area contributed by atoms with Crippen molar-refractivity contribution in [3.8, 4) is 11.4 Å². The lowest BCUT2D eigenvalue weighted by molar-refractivity contribution is 0.0601. The normalized spacial score (nSPS) is 16.2. The number of H-pyrrole nitrogens is 1. The molecule has 5 nitrogen and oxygen atoms in total. The molecule has 2 N–H and O–H groups in total. The first kappa shape index (κ1) is 26.4. The number of rotatable bonds is 7. The highest BCUT2D eigenvalue weighted by atomic mass is 16.3. The minimum Gasteiger partial charge on any atom is -0.385 e. The van der Waals surface area contributed by atoms with E-state index in [0.29, 0.717) is 6.54 Å². The summed E-state index contributed by atoms with van der Waals surface area (Å²) in [5.74, 6) is 0.822. The number of aryl methyl sites for hydroxylation is 1. The summed E-state index contributed by atoms with van der Waals surface area (Å²) in [6, 6.07) is 30.2. The second-order valence-corrected chi connectivity index (χ2v) is 11.5. The molecule has 0 aliphatic carbocycles. The van der Waals surface area contributed by atoms with E-state index >= 15 is 0 Å². The Bertz CT molecular complexity index is 1260. The van der Waals surface area contributed by atoms with Crippen molar-refractivity contribution in [2.75, 3.05) is 32.7 Å². The molecule has 5 rings (SSSR count). The Balaban J connectivity index is 1.30. The molecule has 0 amide bonds. The number of hydrogen-bond acceptors (Lipinski definition) is 4. The number of aliphatic hydroxyl groups is 1. The molecule has 2 heterocycles. The highest BCUT2D eigenvalue weighted by molar-refractivity contribution is 5.57. The number of β-amino-alcohol motifs (C(OH)–C–C–N with tert-alkyl or cyclic N) is 1. The maximum absolute atomic E-state index is 11.4. The maximum Gasteiger partial charge on any atom is 0.137 e. The van der Waals surface area contributed by atoms with Crippen LogP contribution in [0.15, 0.2) is 84.9 Å². The predicted octanol–water partition coefficient (Wildman–Crippen LogP) is 6.12. The smallest absolute Gasteiger partial charge is 0.137 e. The Morgan fingerprint density at radius 1 is 0.816 bits per heavy atom. The van der Waals surface area contributed by atoms with Crippen molar-refractivity contribution in [3.05, 3.63) is 113 Å². The molecule has 38 heavy (non-hydrogen) atoms. The van der Waals surface area contributed by atoms with Crippen LogP contribution in [-0.2, 0) is 5.41 Å². The van der Waals surface area contributed by atoms with Gasteiger partial charge in [0.15, 0.2) is 0 Å². The van der Waals surface area contributed by atoms with Gasteiger partial charge in [-0.2, -0.15) is 0 Å². The largest absolute Gasteiger partial charge is 0.385 e. The Morgan fingerprint density at radius 3 is 1.89 bits per heavy atom. The summed E-state index contributed by atoms with van der Waals surface area (Å²) in [6.07, 6.45) is -0.624. The molecule has 198 valence electrons. The number of nitrogens with one attached hydrogen (secondary N) is 1. The zero-order valence-electron chi connectivity index (χ0n) is 23.1. The Labute approximate surface area is 227 Å². The highest BCUT2D eigenvalue weighted by Crippen LogP contribution is 2.33. The summed E-state index contributed by atoms with van der Waals surface area (Å²) in [5, 5.41) is 11.4. The van der Waals surface area contributed by atoms with Gasteiger partial charge < -0.3 is 10.1 Å². The summed E-state index contributed by atoms with van der Waals surface area (Å²) in [6.45, 7) is 12.9. The van der Waals surface area contributed by atoms with Gasteiger partial charge in [0.25, 0.3) is 0 Å². The first-order valence-corrected chi connectivity index (χ1v) is 13.7. The number of aliphatic hydroxyl groups excluding tert-OH is 1. The van der Waals surface area contributed by atoms with E-state index in [4.69, 9.17) is 4.98 Å². The molecule has 1 aliphatic rings. The summed E-state index contributed by atoms with van der Waals surface area (Å²) in [5.41, 5.74) is 6.51. The van der Waals surface area contributed by atoms with E-state index in [1.807, 2.05) is 0 Å². The van der Waals surface area contributed by atoms with Gasteiger partial charge in [0.1, 0.15) is 11.9 Å². The van der Waals surface area contributed by atoms with Crippen molar-refractivity contribution in [1.82, 2.24) is 19.8 Å². The fraction of sp³-hybridized carbons (Fsp3) is 0.364. The third-order valence-electron chi connectivity index (χ3n) is 7.53. The van der Waals surface area contributed by atoms with Gasteiger partial charge in [-0.15, -0.1) is 0 Å². The number of aromatic nitrogens is 2. The van der Waals surface area contributed by atoms with Crippen LogP contribution in [0.4, 0.5) is 0 Å². The van der Waals surface area contributed by atoms with Gasteiger partial charge in [0.2, 0.25) is 0 Å². The average molecular weight is 509 g/mol. The van der Waals surface area contributed by atoms with Crippen LogP contribution in [0.3, 0.4) is 0 Å². The number of nitrogens with zero attached hydrogens (tertiary/aromatic N) is 3. The molecule has 4 aromatic rings. The van der Waals surface area contributed by atoms with Crippen molar-refractivity contribution in [2.24, 2.45) is 0 Å². The van der Waals surface area contributed by atoms with Crippen molar-refractivity contribution in [2.45, 2.75) is 45.3 Å². The molecular formula is C33H40N4O. The first-order chi connectivity index (χ1) is 18.3. The zero-order valence-corrected chi connectivity index (χ0v) is 23.1.